The van der Waals surface area contributed by atoms with Crippen molar-refractivity contribution in [1.82, 2.24) is 4.98 Å². The Balaban J connectivity index is 2.94. The van der Waals surface area contributed by atoms with Crippen molar-refractivity contribution in [2.45, 2.75) is 13.5 Å². The van der Waals surface area contributed by atoms with Gasteiger partial charge < -0.3 is 14.6 Å². The lowest BCUT2D eigenvalue weighted by molar-refractivity contribution is 0.282. The number of hydrogen-bond donors (Lipinski definition) is 2. The van der Waals surface area contributed by atoms with Gasteiger partial charge in [0, 0.05) is 17.1 Å². The fourth-order valence-corrected chi connectivity index (χ4v) is 1.40. The topological polar surface area (TPSA) is 83.6 Å². The number of nitrogens with zero attached hydrogens (tertiary/aromatic N) is 1. The summed E-state index contributed by atoms with van der Waals surface area (Å²) in [5.74, 6) is -0.470. The predicted molar refractivity (Wildman–Crippen MR) is 52.6 cm³/mol. The van der Waals surface area contributed by atoms with E-state index in [1.54, 1.807) is 6.92 Å². The van der Waals surface area contributed by atoms with Crippen LogP contribution in [0.5, 0.6) is 5.75 Å². The zero-order chi connectivity index (χ0) is 11.0. The average Bonchev–Trinajstić information content (AvgIpc) is 2.22. The van der Waals surface area contributed by atoms with Gasteiger partial charge in [-0.2, -0.15) is 0 Å². The van der Waals surface area contributed by atoms with Gasteiger partial charge in [-0.15, -0.1) is 0 Å². The zero-order valence-electron chi connectivity index (χ0n) is 8.02. The van der Waals surface area contributed by atoms with Gasteiger partial charge in [0.15, 0.2) is 5.58 Å². The van der Waals surface area contributed by atoms with E-state index in [2.05, 4.69) is 4.98 Å². The maximum Gasteiger partial charge on any atom is 0.378 e. The third kappa shape index (κ3) is 1.46. The average molecular weight is 207 g/mol. The number of aromatic nitrogens is 1. The molecule has 0 bridgehead atoms. The van der Waals surface area contributed by atoms with E-state index in [-0.39, 0.29) is 6.61 Å². The summed E-state index contributed by atoms with van der Waals surface area (Å²) in [5, 5.41) is 18.8. The zero-order valence-corrected chi connectivity index (χ0v) is 8.02. The Hall–Kier alpha value is -1.88. The molecule has 2 N–H and O–H groups in total. The van der Waals surface area contributed by atoms with Crippen LogP contribution in [0.15, 0.2) is 21.5 Å². The van der Waals surface area contributed by atoms with Gasteiger partial charge in [-0.1, -0.05) is 0 Å². The summed E-state index contributed by atoms with van der Waals surface area (Å²) in [6.07, 6.45) is 1.48. The van der Waals surface area contributed by atoms with Crippen molar-refractivity contribution < 1.29 is 14.6 Å². The van der Waals surface area contributed by atoms with Gasteiger partial charge in [-0.05, 0) is 13.0 Å². The Bertz CT molecular complexity index is 573. The van der Waals surface area contributed by atoms with E-state index >= 15 is 0 Å². The molecule has 2 aromatic rings. The summed E-state index contributed by atoms with van der Waals surface area (Å²) in [6, 6.07) is 1.28. The minimum atomic E-state index is -0.803. The highest BCUT2D eigenvalue weighted by atomic mass is 16.4. The molecule has 0 aliphatic heterocycles. The van der Waals surface area contributed by atoms with Crippen molar-refractivity contribution in [3.8, 4) is 5.75 Å². The molecule has 0 radical (unpaired) electrons. The van der Waals surface area contributed by atoms with Gasteiger partial charge in [0.25, 0.3) is 0 Å². The number of rotatable bonds is 1. The second-order valence-corrected chi connectivity index (χ2v) is 3.19. The standard InChI is InChI=1S/C10H9NO4/c1-5-9-7(6(4-12)3-11-5)2-8(13)10(14)15-9/h2-3,12-13H,4H2,1H3. The highest BCUT2D eigenvalue weighted by molar-refractivity contribution is 5.82. The summed E-state index contributed by atoms with van der Waals surface area (Å²) in [6.45, 7) is 1.46. The molecule has 5 heteroatoms. The molecule has 78 valence electrons. The minimum absolute atomic E-state index is 0.225. The van der Waals surface area contributed by atoms with Crippen LogP contribution < -0.4 is 5.63 Å². The molecule has 0 fully saturated rings. The molecule has 2 aromatic heterocycles. The lowest BCUT2D eigenvalue weighted by Gasteiger charge is -2.04. The summed E-state index contributed by atoms with van der Waals surface area (Å²) < 4.78 is 4.89. The Labute approximate surface area is 84.6 Å². The minimum Gasteiger partial charge on any atom is -0.502 e. The third-order valence-corrected chi connectivity index (χ3v) is 2.19. The van der Waals surface area contributed by atoms with Gasteiger partial charge >= 0.3 is 5.63 Å². The second kappa shape index (κ2) is 3.36. The molecular formula is C10H9NO4. The first kappa shape index (κ1) is 9.67. The van der Waals surface area contributed by atoms with Crippen molar-refractivity contribution in [2.75, 3.05) is 0 Å². The van der Waals surface area contributed by atoms with E-state index < -0.39 is 11.4 Å². The highest BCUT2D eigenvalue weighted by Crippen LogP contribution is 2.22. The molecule has 0 amide bonds. The van der Waals surface area contributed by atoms with Crippen molar-refractivity contribution in [2.24, 2.45) is 0 Å². The maximum absolute atomic E-state index is 11.1. The number of aliphatic hydroxyl groups is 1. The van der Waals surface area contributed by atoms with E-state index in [9.17, 15) is 9.90 Å². The molecule has 0 aliphatic carbocycles. The summed E-state index contributed by atoms with van der Waals surface area (Å²) in [5.41, 5.74) is 0.542. The van der Waals surface area contributed by atoms with Gasteiger partial charge in [-0.3, -0.25) is 4.98 Å². The van der Waals surface area contributed by atoms with Crippen LogP contribution in [0.3, 0.4) is 0 Å². The van der Waals surface area contributed by atoms with E-state index in [0.717, 1.165) is 0 Å². The van der Waals surface area contributed by atoms with Crippen molar-refractivity contribution in [3.05, 3.63) is 33.9 Å². The number of hydrogen-bond acceptors (Lipinski definition) is 5. The molecule has 2 rings (SSSR count). The van der Waals surface area contributed by atoms with Crippen LogP contribution in [0.4, 0.5) is 0 Å². The fourth-order valence-electron chi connectivity index (χ4n) is 1.40. The van der Waals surface area contributed by atoms with Crippen LogP contribution in [0, 0.1) is 6.92 Å². The number of fused-ring (bicyclic) bond motifs is 1. The molecule has 0 atom stereocenters. The van der Waals surface area contributed by atoms with Crippen molar-refractivity contribution in [1.29, 1.82) is 0 Å². The molecule has 5 nitrogen and oxygen atoms in total. The van der Waals surface area contributed by atoms with Gasteiger partial charge in [0.1, 0.15) is 0 Å². The molecule has 0 saturated heterocycles. The number of aryl methyl sites for hydroxylation is 1. The van der Waals surface area contributed by atoms with Crippen LogP contribution in [0.2, 0.25) is 0 Å². The molecule has 2 heterocycles. The Morgan fingerprint density at radius 3 is 2.93 bits per heavy atom. The summed E-state index contributed by atoms with van der Waals surface area (Å²) in [4.78, 5) is 15.1. The van der Waals surface area contributed by atoms with E-state index in [1.807, 2.05) is 0 Å². The van der Waals surface area contributed by atoms with E-state index in [4.69, 9.17) is 9.52 Å². The summed E-state index contributed by atoms with van der Waals surface area (Å²) >= 11 is 0. The smallest absolute Gasteiger partial charge is 0.378 e. The predicted octanol–water partition coefficient (Wildman–Crippen LogP) is 0.694. The SMILES string of the molecule is Cc1ncc(CO)c2cc(O)c(=O)oc12. The van der Waals surface area contributed by atoms with E-state index in [0.29, 0.717) is 22.2 Å². The Morgan fingerprint density at radius 2 is 2.27 bits per heavy atom. The Kier molecular flexibility index (Phi) is 2.17. The van der Waals surface area contributed by atoms with Gasteiger partial charge in [0.2, 0.25) is 5.75 Å². The molecule has 15 heavy (non-hydrogen) atoms. The molecule has 0 aliphatic rings. The largest absolute Gasteiger partial charge is 0.502 e. The molecule has 0 unspecified atom stereocenters. The lowest BCUT2D eigenvalue weighted by atomic mass is 10.1. The van der Waals surface area contributed by atoms with Crippen LogP contribution in [0.25, 0.3) is 11.0 Å². The van der Waals surface area contributed by atoms with Gasteiger partial charge in [-0.25, -0.2) is 4.79 Å². The molecular weight excluding hydrogens is 198 g/mol. The number of pyridine rings is 1. The number of aromatic hydroxyl groups is 1. The quantitative estimate of drug-likeness (QED) is 0.718. The van der Waals surface area contributed by atoms with Gasteiger partial charge in [0.05, 0.1) is 12.3 Å². The second-order valence-electron chi connectivity index (χ2n) is 3.19. The highest BCUT2D eigenvalue weighted by Gasteiger charge is 2.10. The van der Waals surface area contributed by atoms with Crippen LogP contribution in [-0.4, -0.2) is 15.2 Å². The first-order chi connectivity index (χ1) is 7.13. The van der Waals surface area contributed by atoms with Crippen LogP contribution >= 0.6 is 0 Å². The molecule has 0 spiro atoms. The maximum atomic E-state index is 11.1. The summed E-state index contributed by atoms with van der Waals surface area (Å²) in [7, 11) is 0. The first-order valence-electron chi connectivity index (χ1n) is 4.35. The first-order valence-corrected chi connectivity index (χ1v) is 4.35. The molecule has 0 saturated carbocycles. The third-order valence-electron chi connectivity index (χ3n) is 2.19. The van der Waals surface area contributed by atoms with E-state index in [1.165, 1.54) is 12.3 Å². The Morgan fingerprint density at radius 1 is 1.53 bits per heavy atom. The van der Waals surface area contributed by atoms with Crippen LogP contribution in [-0.2, 0) is 6.61 Å². The van der Waals surface area contributed by atoms with Crippen molar-refractivity contribution >= 4 is 11.0 Å². The monoisotopic (exact) mass is 207 g/mol. The molecule has 0 aromatic carbocycles. The fraction of sp³-hybridized carbons (Fsp3) is 0.200. The number of aliphatic hydroxyl groups excluding tert-OH is 1. The van der Waals surface area contributed by atoms with Crippen LogP contribution in [0.1, 0.15) is 11.3 Å². The van der Waals surface area contributed by atoms with Crippen molar-refractivity contribution in [3.63, 3.8) is 0 Å². The normalized spacial score (nSPS) is 10.8. The lowest BCUT2D eigenvalue weighted by Crippen LogP contribution is -2.01.